The van der Waals surface area contributed by atoms with E-state index in [9.17, 15) is 0 Å². The van der Waals surface area contributed by atoms with Gasteiger partial charge in [0.2, 0.25) is 0 Å². The molecule has 1 saturated heterocycles. The van der Waals surface area contributed by atoms with Crippen molar-refractivity contribution in [1.82, 2.24) is 9.80 Å². The Kier molecular flexibility index (Phi) is 6.16. The highest BCUT2D eigenvalue weighted by molar-refractivity contribution is 5.25. The zero-order chi connectivity index (χ0) is 19.0. The Hall–Kier alpha value is -0.340. The van der Waals surface area contributed by atoms with Crippen LogP contribution in [0.4, 0.5) is 0 Å². The SMILES string of the molecule is CCN1CCC(C(C)(C)CCCN2CC=C(C(C)C)C2(C)C)C1(C)C. The van der Waals surface area contributed by atoms with Crippen molar-refractivity contribution in [2.45, 2.75) is 92.7 Å². The highest BCUT2D eigenvalue weighted by Gasteiger charge is 2.47. The number of rotatable bonds is 7. The Morgan fingerprint density at radius 1 is 1.16 bits per heavy atom. The molecule has 0 aromatic rings. The molecule has 1 atom stereocenters. The zero-order valence-corrected chi connectivity index (χ0v) is 18.6. The summed E-state index contributed by atoms with van der Waals surface area (Å²) in [5, 5.41) is 0. The van der Waals surface area contributed by atoms with E-state index >= 15 is 0 Å². The van der Waals surface area contributed by atoms with Crippen molar-refractivity contribution >= 4 is 0 Å². The van der Waals surface area contributed by atoms with E-state index in [1.165, 1.54) is 38.9 Å². The number of hydrogen-bond donors (Lipinski definition) is 0. The highest BCUT2D eigenvalue weighted by atomic mass is 15.2. The van der Waals surface area contributed by atoms with Gasteiger partial charge in [-0.25, -0.2) is 0 Å². The lowest BCUT2D eigenvalue weighted by Crippen LogP contribution is -2.47. The van der Waals surface area contributed by atoms with Gasteiger partial charge in [0.25, 0.3) is 0 Å². The number of hydrogen-bond acceptors (Lipinski definition) is 2. The van der Waals surface area contributed by atoms with Gasteiger partial charge in [0.1, 0.15) is 0 Å². The van der Waals surface area contributed by atoms with E-state index in [0.717, 1.165) is 12.5 Å². The van der Waals surface area contributed by atoms with Crippen molar-refractivity contribution in [2.24, 2.45) is 17.3 Å². The van der Waals surface area contributed by atoms with Gasteiger partial charge in [0.05, 0.1) is 0 Å². The summed E-state index contributed by atoms with van der Waals surface area (Å²) >= 11 is 0. The minimum Gasteiger partial charge on any atom is -0.298 e. The van der Waals surface area contributed by atoms with Crippen LogP contribution in [0.3, 0.4) is 0 Å². The molecule has 0 bridgehead atoms. The first kappa shape index (κ1) is 21.0. The molecule has 0 aromatic carbocycles. The van der Waals surface area contributed by atoms with Crippen LogP contribution in [0.15, 0.2) is 11.6 Å². The fourth-order valence-corrected chi connectivity index (χ4v) is 6.14. The predicted octanol–water partition coefficient (Wildman–Crippen LogP) is 5.59. The maximum Gasteiger partial charge on any atom is 0.0370 e. The molecule has 2 aliphatic rings. The molecule has 0 radical (unpaired) electrons. The third kappa shape index (κ3) is 4.00. The maximum absolute atomic E-state index is 2.69. The summed E-state index contributed by atoms with van der Waals surface area (Å²) in [6, 6.07) is 0. The summed E-state index contributed by atoms with van der Waals surface area (Å²) in [5.74, 6) is 1.46. The van der Waals surface area contributed by atoms with E-state index < -0.39 is 0 Å². The van der Waals surface area contributed by atoms with Gasteiger partial charge in [0.15, 0.2) is 0 Å². The van der Waals surface area contributed by atoms with Crippen LogP contribution < -0.4 is 0 Å². The predicted molar refractivity (Wildman–Crippen MR) is 111 cm³/mol. The first-order chi connectivity index (χ1) is 11.4. The van der Waals surface area contributed by atoms with Crippen LogP contribution >= 0.6 is 0 Å². The molecule has 0 aliphatic carbocycles. The van der Waals surface area contributed by atoms with Crippen LogP contribution in [-0.4, -0.2) is 47.1 Å². The first-order valence-corrected chi connectivity index (χ1v) is 10.6. The molecule has 2 heterocycles. The molecule has 0 aromatic heterocycles. The minimum atomic E-state index is 0.240. The molecule has 2 nitrogen and oxygen atoms in total. The van der Waals surface area contributed by atoms with E-state index in [1.807, 2.05) is 0 Å². The molecular weight excluding hydrogens is 304 g/mol. The van der Waals surface area contributed by atoms with Crippen LogP contribution in [0.25, 0.3) is 0 Å². The fourth-order valence-electron chi connectivity index (χ4n) is 6.14. The van der Waals surface area contributed by atoms with Crippen molar-refractivity contribution in [3.05, 3.63) is 11.6 Å². The van der Waals surface area contributed by atoms with Crippen molar-refractivity contribution in [3.63, 3.8) is 0 Å². The lowest BCUT2D eigenvalue weighted by Gasteiger charge is -2.44. The molecule has 0 saturated carbocycles. The Labute approximate surface area is 158 Å². The largest absolute Gasteiger partial charge is 0.298 e. The van der Waals surface area contributed by atoms with Gasteiger partial charge in [-0.05, 0) is 83.8 Å². The van der Waals surface area contributed by atoms with Gasteiger partial charge in [-0.1, -0.05) is 46.3 Å². The van der Waals surface area contributed by atoms with Gasteiger partial charge in [-0.3, -0.25) is 9.80 Å². The van der Waals surface area contributed by atoms with Crippen molar-refractivity contribution in [2.75, 3.05) is 26.2 Å². The van der Waals surface area contributed by atoms with Gasteiger partial charge < -0.3 is 0 Å². The Balaban J connectivity index is 1.92. The fraction of sp³-hybridized carbons (Fsp3) is 0.913. The van der Waals surface area contributed by atoms with Gasteiger partial charge in [-0.2, -0.15) is 0 Å². The van der Waals surface area contributed by atoms with Gasteiger partial charge >= 0.3 is 0 Å². The maximum atomic E-state index is 2.69. The average Bonchev–Trinajstić information content (AvgIpc) is 2.94. The van der Waals surface area contributed by atoms with Gasteiger partial charge in [-0.15, -0.1) is 0 Å². The topological polar surface area (TPSA) is 6.48 Å². The highest BCUT2D eigenvalue weighted by Crippen LogP contribution is 2.47. The second kappa shape index (κ2) is 7.35. The van der Waals surface area contributed by atoms with E-state index in [4.69, 9.17) is 0 Å². The molecule has 0 amide bonds. The van der Waals surface area contributed by atoms with E-state index in [0.29, 0.717) is 16.9 Å². The molecule has 2 heteroatoms. The molecule has 2 aliphatic heterocycles. The summed E-state index contributed by atoms with van der Waals surface area (Å²) in [5.41, 5.74) is 2.63. The van der Waals surface area contributed by atoms with E-state index in [-0.39, 0.29) is 5.54 Å². The van der Waals surface area contributed by atoms with Crippen molar-refractivity contribution < 1.29 is 0 Å². The molecule has 0 spiro atoms. The van der Waals surface area contributed by atoms with E-state index in [2.05, 4.69) is 78.2 Å². The quantitative estimate of drug-likeness (QED) is 0.553. The second-order valence-corrected chi connectivity index (χ2v) is 10.5. The molecule has 0 N–H and O–H groups in total. The molecule has 146 valence electrons. The molecule has 25 heavy (non-hydrogen) atoms. The minimum absolute atomic E-state index is 0.240. The summed E-state index contributed by atoms with van der Waals surface area (Å²) in [4.78, 5) is 5.37. The Morgan fingerprint density at radius 2 is 1.80 bits per heavy atom. The lowest BCUT2D eigenvalue weighted by atomic mass is 9.67. The van der Waals surface area contributed by atoms with Gasteiger partial charge in [0, 0.05) is 17.6 Å². The second-order valence-electron chi connectivity index (χ2n) is 10.5. The number of likely N-dealkylation sites (tertiary alicyclic amines) is 1. The molecular formula is C23H44N2. The third-order valence-electron chi connectivity index (χ3n) is 7.58. The van der Waals surface area contributed by atoms with Crippen molar-refractivity contribution in [3.8, 4) is 0 Å². The number of nitrogens with zero attached hydrogens (tertiary/aromatic N) is 2. The molecule has 1 unspecified atom stereocenters. The monoisotopic (exact) mass is 348 g/mol. The van der Waals surface area contributed by atoms with Crippen LogP contribution in [0, 0.1) is 17.3 Å². The summed E-state index contributed by atoms with van der Waals surface area (Å²) < 4.78 is 0. The Bertz CT molecular complexity index is 484. The zero-order valence-electron chi connectivity index (χ0n) is 18.6. The smallest absolute Gasteiger partial charge is 0.0370 e. The average molecular weight is 349 g/mol. The first-order valence-electron chi connectivity index (χ1n) is 10.6. The van der Waals surface area contributed by atoms with E-state index in [1.54, 1.807) is 5.57 Å². The molecule has 2 rings (SSSR count). The van der Waals surface area contributed by atoms with Crippen molar-refractivity contribution in [1.29, 1.82) is 0 Å². The Morgan fingerprint density at radius 3 is 2.28 bits per heavy atom. The standard InChI is InChI=1S/C23H44N2/c1-10-24-17-13-20(23(24,8)9)21(4,5)14-11-15-25-16-12-19(18(2)3)22(25,6)7/h12,18,20H,10-11,13-17H2,1-9H3. The normalized spacial score (nSPS) is 27.3. The van der Waals surface area contributed by atoms with Crippen LogP contribution in [-0.2, 0) is 0 Å². The summed E-state index contributed by atoms with van der Waals surface area (Å²) in [7, 11) is 0. The molecule has 1 fully saturated rings. The van der Waals surface area contributed by atoms with Crippen LogP contribution in [0.2, 0.25) is 0 Å². The van der Waals surface area contributed by atoms with Crippen LogP contribution in [0.1, 0.15) is 81.6 Å². The lowest BCUT2D eigenvalue weighted by molar-refractivity contribution is 0.0625. The van der Waals surface area contributed by atoms with Crippen LogP contribution in [0.5, 0.6) is 0 Å². The summed E-state index contributed by atoms with van der Waals surface area (Å²) in [6.45, 7) is 26.6. The third-order valence-corrected chi connectivity index (χ3v) is 7.58. The summed E-state index contributed by atoms with van der Waals surface area (Å²) in [6.07, 6.45) is 6.49.